The maximum Gasteiger partial charge on any atom is 0.184 e. The Labute approximate surface area is 68.0 Å². The van der Waals surface area contributed by atoms with Crippen LogP contribution in [0.2, 0.25) is 0 Å². The lowest BCUT2D eigenvalue weighted by molar-refractivity contribution is -0.147. The summed E-state index contributed by atoms with van der Waals surface area (Å²) in [6, 6.07) is 0. The van der Waals surface area contributed by atoms with Gasteiger partial charge in [-0.2, -0.15) is 0 Å². The number of hydrogen-bond acceptors (Lipinski definition) is 5. The molecule has 5 nitrogen and oxygen atoms in total. The minimum absolute atomic E-state index is 1.10. The van der Waals surface area contributed by atoms with Gasteiger partial charge in [-0.3, -0.25) is 0 Å². The van der Waals surface area contributed by atoms with Gasteiger partial charge in [0, 0.05) is 0 Å². The average Bonchev–Trinajstić information content (AvgIpc) is 2.32. The molecule has 72 valence electrons. The Balaban J connectivity index is 2.58. The number of alkyl halides is 1. The van der Waals surface area contributed by atoms with Crippen LogP contribution < -0.4 is 0 Å². The third-order valence-corrected chi connectivity index (χ3v) is 1.81. The van der Waals surface area contributed by atoms with Gasteiger partial charge in [-0.1, -0.05) is 0 Å². The summed E-state index contributed by atoms with van der Waals surface area (Å²) in [6.45, 7) is -1.10. The minimum Gasteiger partial charge on any atom is -0.388 e. The van der Waals surface area contributed by atoms with Crippen molar-refractivity contribution in [2.24, 2.45) is 0 Å². The van der Waals surface area contributed by atoms with E-state index in [0.29, 0.717) is 0 Å². The molecule has 12 heavy (non-hydrogen) atoms. The molecule has 1 heterocycles. The van der Waals surface area contributed by atoms with Gasteiger partial charge >= 0.3 is 0 Å². The van der Waals surface area contributed by atoms with E-state index >= 15 is 0 Å². The Hall–Kier alpha value is -0.270. The second kappa shape index (κ2) is 3.63. The van der Waals surface area contributed by atoms with E-state index in [0.717, 1.165) is 0 Å². The van der Waals surface area contributed by atoms with E-state index in [1.165, 1.54) is 0 Å². The minimum atomic E-state index is -1.56. The maximum absolute atomic E-state index is 11.9. The van der Waals surface area contributed by atoms with E-state index in [1.54, 1.807) is 0 Å². The van der Waals surface area contributed by atoms with Gasteiger partial charge in [-0.15, -0.1) is 0 Å². The zero-order valence-electron chi connectivity index (χ0n) is 6.17. The molecule has 1 saturated heterocycles. The fraction of sp³-hybridized carbons (Fsp3) is 1.00. The molecule has 0 aromatic heterocycles. The molecule has 1 unspecified atom stereocenters. The second-order valence-electron chi connectivity index (χ2n) is 2.69. The van der Waals surface area contributed by atoms with E-state index in [-0.39, 0.29) is 0 Å². The molecule has 1 aliphatic rings. The van der Waals surface area contributed by atoms with Crippen molar-refractivity contribution in [3.63, 3.8) is 0 Å². The van der Waals surface area contributed by atoms with Crippen molar-refractivity contribution < 1.29 is 29.6 Å². The SMILES string of the molecule is OC1O[C@@H]([C@H](O)CF)[C@H](O)[C@H]1O. The molecule has 0 saturated carbocycles. The van der Waals surface area contributed by atoms with Crippen molar-refractivity contribution in [2.75, 3.05) is 6.67 Å². The van der Waals surface area contributed by atoms with Crippen molar-refractivity contribution in [1.82, 2.24) is 0 Å². The van der Waals surface area contributed by atoms with Crippen LogP contribution in [0.15, 0.2) is 0 Å². The van der Waals surface area contributed by atoms with Crippen LogP contribution in [0.25, 0.3) is 0 Å². The maximum atomic E-state index is 11.9. The van der Waals surface area contributed by atoms with Crippen LogP contribution in [0.4, 0.5) is 4.39 Å². The first-order valence-electron chi connectivity index (χ1n) is 3.51. The highest BCUT2D eigenvalue weighted by Gasteiger charge is 2.45. The molecule has 1 rings (SSSR count). The molecule has 0 radical (unpaired) electrons. The van der Waals surface area contributed by atoms with Gasteiger partial charge in [0.25, 0.3) is 0 Å². The summed E-state index contributed by atoms with van der Waals surface area (Å²) < 4.78 is 16.4. The van der Waals surface area contributed by atoms with Gasteiger partial charge in [-0.05, 0) is 0 Å². The topological polar surface area (TPSA) is 90.2 Å². The first-order valence-corrected chi connectivity index (χ1v) is 3.51. The van der Waals surface area contributed by atoms with Crippen molar-refractivity contribution in [3.05, 3.63) is 0 Å². The van der Waals surface area contributed by atoms with Crippen LogP contribution in [0, 0.1) is 0 Å². The molecule has 0 bridgehead atoms. The summed E-state index contributed by atoms with van der Waals surface area (Å²) in [5.74, 6) is 0. The number of hydrogen-bond donors (Lipinski definition) is 4. The predicted molar refractivity (Wildman–Crippen MR) is 34.9 cm³/mol. The Morgan fingerprint density at radius 3 is 2.17 bits per heavy atom. The fourth-order valence-corrected chi connectivity index (χ4v) is 1.09. The second-order valence-corrected chi connectivity index (χ2v) is 2.69. The number of halogens is 1. The molecule has 5 atom stereocenters. The van der Waals surface area contributed by atoms with Gasteiger partial charge in [0.2, 0.25) is 0 Å². The normalized spacial score (nSPS) is 44.8. The van der Waals surface area contributed by atoms with E-state index in [1.807, 2.05) is 0 Å². The zero-order chi connectivity index (χ0) is 9.30. The smallest absolute Gasteiger partial charge is 0.184 e. The molecular weight excluding hydrogens is 171 g/mol. The van der Waals surface area contributed by atoms with Crippen LogP contribution in [-0.2, 0) is 4.74 Å². The Morgan fingerprint density at radius 2 is 1.83 bits per heavy atom. The lowest BCUT2D eigenvalue weighted by Crippen LogP contribution is -2.39. The first kappa shape index (κ1) is 9.82. The molecule has 6 heteroatoms. The van der Waals surface area contributed by atoms with Crippen LogP contribution in [0.1, 0.15) is 0 Å². The Bertz CT molecular complexity index is 155. The summed E-state index contributed by atoms with van der Waals surface area (Å²) >= 11 is 0. The third kappa shape index (κ3) is 1.57. The van der Waals surface area contributed by atoms with Gasteiger partial charge in [0.05, 0.1) is 0 Å². The molecule has 0 aliphatic carbocycles. The molecule has 1 fully saturated rings. The van der Waals surface area contributed by atoms with Crippen LogP contribution in [0.3, 0.4) is 0 Å². The highest BCUT2D eigenvalue weighted by Crippen LogP contribution is 2.22. The zero-order valence-corrected chi connectivity index (χ0v) is 6.17. The lowest BCUT2D eigenvalue weighted by atomic mass is 10.1. The summed E-state index contributed by atoms with van der Waals surface area (Å²) in [5.41, 5.74) is 0. The number of rotatable bonds is 2. The molecule has 0 spiro atoms. The number of aliphatic hydroxyl groups is 4. The Kier molecular flexibility index (Phi) is 2.97. The summed E-state index contributed by atoms with van der Waals surface area (Å²) in [4.78, 5) is 0. The molecule has 0 aromatic carbocycles. The Morgan fingerprint density at radius 1 is 1.25 bits per heavy atom. The quantitative estimate of drug-likeness (QED) is 0.387. The van der Waals surface area contributed by atoms with E-state index in [2.05, 4.69) is 4.74 Å². The van der Waals surface area contributed by atoms with Crippen LogP contribution >= 0.6 is 0 Å². The van der Waals surface area contributed by atoms with Gasteiger partial charge < -0.3 is 25.2 Å². The fourth-order valence-electron chi connectivity index (χ4n) is 1.09. The summed E-state index contributed by atoms with van der Waals surface area (Å²) in [7, 11) is 0. The molecular formula is C6H11FO5. The van der Waals surface area contributed by atoms with E-state index in [4.69, 9.17) is 20.4 Å². The molecule has 0 amide bonds. The van der Waals surface area contributed by atoms with Crippen molar-refractivity contribution in [2.45, 2.75) is 30.7 Å². The van der Waals surface area contributed by atoms with Crippen molar-refractivity contribution in [1.29, 1.82) is 0 Å². The van der Waals surface area contributed by atoms with Crippen molar-refractivity contribution in [3.8, 4) is 0 Å². The molecule has 4 N–H and O–H groups in total. The summed E-state index contributed by atoms with van der Waals surface area (Å²) in [5, 5.41) is 35.7. The monoisotopic (exact) mass is 182 g/mol. The standard InChI is InChI=1S/C6H11FO5/c7-1-2(8)5-3(9)4(10)6(11)12-5/h2-6,8-11H,1H2/t2-,3-,4-,5+,6?/m1/s1. The molecule has 1 aliphatic heterocycles. The highest BCUT2D eigenvalue weighted by molar-refractivity contribution is 4.89. The number of aliphatic hydroxyl groups excluding tert-OH is 4. The first-order chi connectivity index (χ1) is 5.57. The van der Waals surface area contributed by atoms with Gasteiger partial charge in [-0.25, -0.2) is 4.39 Å². The summed E-state index contributed by atoms with van der Waals surface area (Å²) in [6.07, 6.45) is -7.29. The van der Waals surface area contributed by atoms with Crippen LogP contribution in [0.5, 0.6) is 0 Å². The van der Waals surface area contributed by atoms with E-state index in [9.17, 15) is 4.39 Å². The lowest BCUT2D eigenvalue weighted by Gasteiger charge is -2.17. The average molecular weight is 182 g/mol. The van der Waals surface area contributed by atoms with Crippen molar-refractivity contribution >= 4 is 0 Å². The van der Waals surface area contributed by atoms with E-state index < -0.39 is 37.4 Å². The predicted octanol–water partition coefficient (Wildman–Crippen LogP) is -2.24. The van der Waals surface area contributed by atoms with Gasteiger partial charge in [0.15, 0.2) is 6.29 Å². The number of ether oxygens (including phenoxy) is 1. The third-order valence-electron chi connectivity index (χ3n) is 1.81. The highest BCUT2D eigenvalue weighted by atomic mass is 19.1. The van der Waals surface area contributed by atoms with Crippen LogP contribution in [-0.4, -0.2) is 57.8 Å². The largest absolute Gasteiger partial charge is 0.388 e. The van der Waals surface area contributed by atoms with Gasteiger partial charge in [0.1, 0.15) is 31.1 Å². The molecule has 0 aromatic rings.